The molecule has 0 saturated carbocycles. The summed E-state index contributed by atoms with van der Waals surface area (Å²) in [5.74, 6) is -0.225. The molecular formula is C24H19ClFN7O2. The van der Waals surface area contributed by atoms with Gasteiger partial charge in [-0.25, -0.2) is 14.4 Å². The summed E-state index contributed by atoms with van der Waals surface area (Å²) in [7, 11) is 0. The van der Waals surface area contributed by atoms with Crippen molar-refractivity contribution in [3.05, 3.63) is 80.7 Å². The number of anilines is 2. The number of hydrogen-bond acceptors (Lipinski definition) is 8. The number of halogens is 2. The van der Waals surface area contributed by atoms with Crippen LogP contribution in [0.2, 0.25) is 5.02 Å². The fourth-order valence-corrected chi connectivity index (χ4v) is 4.73. The lowest BCUT2D eigenvalue weighted by Crippen LogP contribution is -2.33. The second-order valence-electron chi connectivity index (χ2n) is 8.24. The maximum atomic E-state index is 14.3. The third-order valence-electron chi connectivity index (χ3n) is 6.02. The average molecular weight is 492 g/mol. The van der Waals surface area contributed by atoms with Gasteiger partial charge >= 0.3 is 0 Å². The predicted octanol–water partition coefficient (Wildman–Crippen LogP) is 3.04. The molecule has 0 amide bonds. The maximum absolute atomic E-state index is 14.3. The molecule has 2 atom stereocenters. The fourth-order valence-electron chi connectivity index (χ4n) is 4.49. The molecule has 11 heteroatoms. The summed E-state index contributed by atoms with van der Waals surface area (Å²) in [6, 6.07) is 12.7. The van der Waals surface area contributed by atoms with E-state index in [-0.39, 0.29) is 52.0 Å². The second-order valence-corrected chi connectivity index (χ2v) is 8.61. The largest absolute Gasteiger partial charge is 0.391 e. The Labute approximate surface area is 203 Å². The Bertz CT molecular complexity index is 1570. The van der Waals surface area contributed by atoms with Crippen molar-refractivity contribution in [3.63, 3.8) is 0 Å². The van der Waals surface area contributed by atoms with Crippen molar-refractivity contribution in [3.8, 4) is 11.8 Å². The van der Waals surface area contributed by atoms with Gasteiger partial charge in [0.15, 0.2) is 5.82 Å². The summed E-state index contributed by atoms with van der Waals surface area (Å²) < 4.78 is 15.6. The number of nitrogens with zero attached hydrogens (tertiary/aromatic N) is 6. The van der Waals surface area contributed by atoms with Gasteiger partial charge < -0.3 is 15.7 Å². The Kier molecular flexibility index (Phi) is 5.59. The third kappa shape index (κ3) is 3.75. The van der Waals surface area contributed by atoms with Gasteiger partial charge in [0.05, 0.1) is 39.5 Å². The molecule has 0 bridgehead atoms. The zero-order chi connectivity index (χ0) is 24.9. The van der Waals surface area contributed by atoms with Crippen molar-refractivity contribution in [2.45, 2.75) is 25.5 Å². The van der Waals surface area contributed by atoms with Gasteiger partial charge in [0.25, 0.3) is 5.56 Å². The SMILES string of the molecule is Cc1nc(N)nc(N2C[C@@H](O)C[C@H]2c2nc3ccc(F)c(Cl)c3c(=O)n2-c2ccccc2)c1C#N. The highest BCUT2D eigenvalue weighted by Crippen LogP contribution is 2.38. The summed E-state index contributed by atoms with van der Waals surface area (Å²) in [4.78, 5) is 28.5. The quantitative estimate of drug-likeness (QED) is 0.446. The first-order valence-corrected chi connectivity index (χ1v) is 11.1. The van der Waals surface area contributed by atoms with Gasteiger partial charge in [0.2, 0.25) is 5.95 Å². The number of benzene rings is 2. The van der Waals surface area contributed by atoms with Crippen LogP contribution in [0.5, 0.6) is 0 Å². The minimum absolute atomic E-state index is 0.0224. The van der Waals surface area contributed by atoms with E-state index in [0.717, 1.165) is 6.07 Å². The molecule has 3 heterocycles. The van der Waals surface area contributed by atoms with E-state index in [9.17, 15) is 19.6 Å². The Hall–Kier alpha value is -4.07. The molecule has 1 aliphatic rings. The standard InChI is InChI=1S/C24H19ClFN7O2/c1-12-15(10-27)21(31-24(28)29-12)32-11-14(34)9-18(32)22-30-17-8-7-16(26)20(25)19(17)23(35)33(22)13-5-3-2-4-6-13/h2-8,14,18,34H,9,11H2,1H3,(H2,28,29,31)/t14-,18-/m0/s1. The molecule has 5 rings (SSSR count). The molecule has 176 valence electrons. The Morgan fingerprint density at radius 2 is 1.94 bits per heavy atom. The summed E-state index contributed by atoms with van der Waals surface area (Å²) in [5.41, 5.74) is 6.62. The highest BCUT2D eigenvalue weighted by Gasteiger charge is 2.38. The number of nitriles is 1. The minimum Gasteiger partial charge on any atom is -0.391 e. The summed E-state index contributed by atoms with van der Waals surface area (Å²) in [6.45, 7) is 1.77. The number of aromatic nitrogens is 4. The van der Waals surface area contributed by atoms with Crippen LogP contribution in [0.3, 0.4) is 0 Å². The van der Waals surface area contributed by atoms with Gasteiger partial charge in [0, 0.05) is 13.0 Å². The van der Waals surface area contributed by atoms with Crippen LogP contribution >= 0.6 is 11.6 Å². The summed E-state index contributed by atoms with van der Waals surface area (Å²) in [5, 5.41) is 20.0. The van der Waals surface area contributed by atoms with Crippen LogP contribution in [0.1, 0.15) is 29.5 Å². The van der Waals surface area contributed by atoms with Crippen LogP contribution in [-0.2, 0) is 0 Å². The van der Waals surface area contributed by atoms with E-state index in [1.165, 1.54) is 10.6 Å². The molecule has 2 aromatic heterocycles. The van der Waals surface area contributed by atoms with Gasteiger partial charge in [0.1, 0.15) is 23.3 Å². The number of nitrogen functional groups attached to an aromatic ring is 1. The van der Waals surface area contributed by atoms with Crippen molar-refractivity contribution in [2.24, 2.45) is 0 Å². The maximum Gasteiger partial charge on any atom is 0.267 e. The van der Waals surface area contributed by atoms with Crippen LogP contribution in [0.25, 0.3) is 16.6 Å². The van der Waals surface area contributed by atoms with Crippen molar-refractivity contribution >= 4 is 34.3 Å². The van der Waals surface area contributed by atoms with Gasteiger partial charge in [-0.05, 0) is 31.2 Å². The number of aliphatic hydroxyl groups excluding tert-OH is 1. The lowest BCUT2D eigenvalue weighted by molar-refractivity contribution is 0.193. The third-order valence-corrected chi connectivity index (χ3v) is 6.39. The van der Waals surface area contributed by atoms with E-state index in [2.05, 4.69) is 16.0 Å². The van der Waals surface area contributed by atoms with E-state index in [4.69, 9.17) is 22.3 Å². The monoisotopic (exact) mass is 491 g/mol. The van der Waals surface area contributed by atoms with Gasteiger partial charge in [-0.3, -0.25) is 9.36 Å². The summed E-state index contributed by atoms with van der Waals surface area (Å²) >= 11 is 6.18. The molecule has 1 fully saturated rings. The molecule has 0 spiro atoms. The Morgan fingerprint density at radius 1 is 1.20 bits per heavy atom. The molecule has 2 aromatic carbocycles. The number of para-hydroxylation sites is 1. The topological polar surface area (TPSA) is 134 Å². The minimum atomic E-state index is -0.795. The molecule has 9 nitrogen and oxygen atoms in total. The Balaban J connectivity index is 1.82. The van der Waals surface area contributed by atoms with E-state index < -0.39 is 23.5 Å². The average Bonchev–Trinajstić information content (AvgIpc) is 3.22. The zero-order valence-electron chi connectivity index (χ0n) is 18.5. The molecule has 3 N–H and O–H groups in total. The lowest BCUT2D eigenvalue weighted by Gasteiger charge is -2.28. The number of aliphatic hydroxyl groups is 1. The first kappa shape index (κ1) is 22.7. The highest BCUT2D eigenvalue weighted by molar-refractivity contribution is 6.35. The van der Waals surface area contributed by atoms with Gasteiger partial charge in [-0.2, -0.15) is 10.2 Å². The zero-order valence-corrected chi connectivity index (χ0v) is 19.2. The number of rotatable bonds is 3. The molecule has 0 aliphatic carbocycles. The summed E-state index contributed by atoms with van der Waals surface area (Å²) in [6.07, 6.45) is -0.593. The molecular weight excluding hydrogens is 473 g/mol. The molecule has 35 heavy (non-hydrogen) atoms. The van der Waals surface area contributed by atoms with Crippen LogP contribution < -0.4 is 16.2 Å². The van der Waals surface area contributed by atoms with Crippen molar-refractivity contribution in [1.82, 2.24) is 19.5 Å². The van der Waals surface area contributed by atoms with Crippen LogP contribution in [0.15, 0.2) is 47.3 Å². The second kappa shape index (κ2) is 8.61. The number of fused-ring (bicyclic) bond motifs is 1. The smallest absolute Gasteiger partial charge is 0.267 e. The van der Waals surface area contributed by atoms with E-state index in [1.54, 1.807) is 42.2 Å². The number of hydrogen-bond donors (Lipinski definition) is 2. The van der Waals surface area contributed by atoms with Crippen LogP contribution in [-0.4, -0.2) is 37.3 Å². The molecule has 1 aliphatic heterocycles. The lowest BCUT2D eigenvalue weighted by atomic mass is 10.1. The predicted molar refractivity (Wildman–Crippen MR) is 129 cm³/mol. The normalized spacial score (nSPS) is 17.6. The number of β-amino-alcohol motifs (C(OH)–C–C–N with tert-alkyl or cyclic N) is 1. The van der Waals surface area contributed by atoms with E-state index in [1.807, 2.05) is 0 Å². The van der Waals surface area contributed by atoms with Crippen LogP contribution in [0.4, 0.5) is 16.2 Å². The fraction of sp³-hybridized carbons (Fsp3) is 0.208. The Morgan fingerprint density at radius 3 is 2.66 bits per heavy atom. The van der Waals surface area contributed by atoms with E-state index in [0.29, 0.717) is 11.4 Å². The van der Waals surface area contributed by atoms with E-state index >= 15 is 0 Å². The molecule has 4 aromatic rings. The molecule has 1 saturated heterocycles. The van der Waals surface area contributed by atoms with Crippen LogP contribution in [0, 0.1) is 24.1 Å². The van der Waals surface area contributed by atoms with Crippen molar-refractivity contribution < 1.29 is 9.50 Å². The van der Waals surface area contributed by atoms with Crippen molar-refractivity contribution in [2.75, 3.05) is 17.2 Å². The molecule has 0 radical (unpaired) electrons. The number of aryl methyl sites for hydroxylation is 1. The number of nitrogens with two attached hydrogens (primary N) is 1. The van der Waals surface area contributed by atoms with Gasteiger partial charge in [-0.1, -0.05) is 29.8 Å². The molecule has 0 unspecified atom stereocenters. The van der Waals surface area contributed by atoms with Crippen molar-refractivity contribution in [1.29, 1.82) is 5.26 Å². The first-order chi connectivity index (χ1) is 16.8. The van der Waals surface area contributed by atoms with Gasteiger partial charge in [-0.15, -0.1) is 0 Å². The highest BCUT2D eigenvalue weighted by atomic mass is 35.5. The first-order valence-electron chi connectivity index (χ1n) is 10.7.